The van der Waals surface area contributed by atoms with Crippen LogP contribution in [0.5, 0.6) is 11.5 Å². The maximum absolute atomic E-state index is 12.7. The van der Waals surface area contributed by atoms with Gasteiger partial charge in [-0.3, -0.25) is 4.79 Å². The highest BCUT2D eigenvalue weighted by atomic mass is 16.5. The van der Waals surface area contributed by atoms with Crippen molar-refractivity contribution >= 4 is 17.5 Å². The standard InChI is InChI=1S/C28H29NO4/c1-21-5-3-4-6-27(21)33-20-24-19-22(8-14-28(24)31-2)7-13-26(30)23-9-11-25(12-10-23)29-15-17-32-18-16-29/h3-14,19H,15-18,20H2,1-2H3/b13-7+. The van der Waals surface area contributed by atoms with Crippen LogP contribution in [0.15, 0.2) is 72.8 Å². The summed E-state index contributed by atoms with van der Waals surface area (Å²) >= 11 is 0. The van der Waals surface area contributed by atoms with Crippen LogP contribution in [0, 0.1) is 6.92 Å². The van der Waals surface area contributed by atoms with Crippen LogP contribution in [0.25, 0.3) is 6.08 Å². The van der Waals surface area contributed by atoms with Gasteiger partial charge in [0.25, 0.3) is 0 Å². The molecule has 1 heterocycles. The maximum Gasteiger partial charge on any atom is 0.185 e. The van der Waals surface area contributed by atoms with Crippen LogP contribution in [-0.2, 0) is 11.3 Å². The van der Waals surface area contributed by atoms with Crippen molar-refractivity contribution in [3.05, 3.63) is 95.1 Å². The van der Waals surface area contributed by atoms with Gasteiger partial charge >= 0.3 is 0 Å². The molecule has 0 amide bonds. The number of para-hydroxylation sites is 1. The average molecular weight is 444 g/mol. The molecule has 0 unspecified atom stereocenters. The highest BCUT2D eigenvalue weighted by molar-refractivity contribution is 6.07. The minimum Gasteiger partial charge on any atom is -0.496 e. The van der Waals surface area contributed by atoms with Crippen LogP contribution in [0.2, 0.25) is 0 Å². The first-order chi connectivity index (χ1) is 16.1. The number of rotatable bonds is 8. The summed E-state index contributed by atoms with van der Waals surface area (Å²) in [4.78, 5) is 15.0. The molecule has 0 aliphatic carbocycles. The lowest BCUT2D eigenvalue weighted by atomic mass is 10.1. The van der Waals surface area contributed by atoms with Gasteiger partial charge in [-0.2, -0.15) is 0 Å². The van der Waals surface area contributed by atoms with E-state index in [1.165, 1.54) is 0 Å². The predicted molar refractivity (Wildman–Crippen MR) is 131 cm³/mol. The van der Waals surface area contributed by atoms with E-state index in [0.717, 1.165) is 60.2 Å². The van der Waals surface area contributed by atoms with E-state index in [0.29, 0.717) is 12.2 Å². The highest BCUT2D eigenvalue weighted by Crippen LogP contribution is 2.24. The largest absolute Gasteiger partial charge is 0.496 e. The molecule has 1 fully saturated rings. The van der Waals surface area contributed by atoms with Crippen molar-refractivity contribution < 1.29 is 19.0 Å². The molecule has 0 bridgehead atoms. The number of aryl methyl sites for hydroxylation is 1. The van der Waals surface area contributed by atoms with Crippen molar-refractivity contribution in [2.24, 2.45) is 0 Å². The third kappa shape index (κ3) is 5.82. The second kappa shape index (κ2) is 10.8. The number of methoxy groups -OCH3 is 1. The van der Waals surface area contributed by atoms with Crippen molar-refractivity contribution in [2.75, 3.05) is 38.3 Å². The Morgan fingerprint density at radius 2 is 1.76 bits per heavy atom. The highest BCUT2D eigenvalue weighted by Gasteiger charge is 2.12. The van der Waals surface area contributed by atoms with Crippen LogP contribution in [0.3, 0.4) is 0 Å². The fraction of sp³-hybridized carbons (Fsp3) is 0.250. The summed E-state index contributed by atoms with van der Waals surface area (Å²) in [6.45, 7) is 5.63. The van der Waals surface area contributed by atoms with E-state index in [4.69, 9.17) is 14.2 Å². The molecular formula is C28H29NO4. The van der Waals surface area contributed by atoms with Gasteiger partial charge in [0.15, 0.2) is 5.78 Å². The zero-order valence-corrected chi connectivity index (χ0v) is 19.1. The third-order valence-electron chi connectivity index (χ3n) is 5.74. The molecular weight excluding hydrogens is 414 g/mol. The molecule has 33 heavy (non-hydrogen) atoms. The number of carbonyl (C=O) groups is 1. The number of carbonyl (C=O) groups excluding carboxylic acids is 1. The summed E-state index contributed by atoms with van der Waals surface area (Å²) < 4.78 is 16.9. The predicted octanol–water partition coefficient (Wildman–Crippen LogP) is 5.32. The summed E-state index contributed by atoms with van der Waals surface area (Å²) in [7, 11) is 1.65. The number of nitrogens with zero attached hydrogens (tertiary/aromatic N) is 1. The van der Waals surface area contributed by atoms with Gasteiger partial charge in [-0.15, -0.1) is 0 Å². The zero-order valence-electron chi connectivity index (χ0n) is 19.1. The van der Waals surface area contributed by atoms with Gasteiger partial charge in [-0.25, -0.2) is 0 Å². The van der Waals surface area contributed by atoms with Crippen molar-refractivity contribution in [2.45, 2.75) is 13.5 Å². The second-order valence-corrected chi connectivity index (χ2v) is 7.97. The molecule has 0 aromatic heterocycles. The third-order valence-corrected chi connectivity index (χ3v) is 5.74. The Bertz CT molecular complexity index is 1110. The number of benzene rings is 3. The van der Waals surface area contributed by atoms with Crippen molar-refractivity contribution in [1.29, 1.82) is 0 Å². The lowest BCUT2D eigenvalue weighted by Gasteiger charge is -2.28. The molecule has 3 aromatic rings. The second-order valence-electron chi connectivity index (χ2n) is 7.97. The van der Waals surface area contributed by atoms with E-state index in [9.17, 15) is 4.79 Å². The first kappa shape index (κ1) is 22.6. The van der Waals surface area contributed by atoms with Crippen LogP contribution in [-0.4, -0.2) is 39.2 Å². The molecule has 0 N–H and O–H groups in total. The molecule has 1 aliphatic rings. The van der Waals surface area contributed by atoms with Crippen molar-refractivity contribution in [3.8, 4) is 11.5 Å². The Labute approximate surface area is 195 Å². The summed E-state index contributed by atoms with van der Waals surface area (Å²) in [6.07, 6.45) is 3.44. The Hall–Kier alpha value is -3.57. The van der Waals surface area contributed by atoms with Gasteiger partial charge in [0, 0.05) is 29.9 Å². The van der Waals surface area contributed by atoms with E-state index in [-0.39, 0.29) is 5.78 Å². The van der Waals surface area contributed by atoms with E-state index >= 15 is 0 Å². The summed E-state index contributed by atoms with van der Waals surface area (Å²) in [5.41, 5.74) is 4.70. The van der Waals surface area contributed by atoms with Crippen LogP contribution in [0.1, 0.15) is 27.0 Å². The number of ether oxygens (including phenoxy) is 3. The minimum atomic E-state index is -0.0305. The number of morpholine rings is 1. The minimum absolute atomic E-state index is 0.0305. The SMILES string of the molecule is COc1ccc(/C=C/C(=O)c2ccc(N3CCOCC3)cc2)cc1COc1ccccc1C. The topological polar surface area (TPSA) is 48.0 Å². The lowest BCUT2D eigenvalue weighted by molar-refractivity contribution is 0.104. The number of ketones is 1. The first-order valence-corrected chi connectivity index (χ1v) is 11.1. The monoisotopic (exact) mass is 443 g/mol. The van der Waals surface area contributed by atoms with Gasteiger partial charge in [0.1, 0.15) is 18.1 Å². The fourth-order valence-electron chi connectivity index (χ4n) is 3.82. The maximum atomic E-state index is 12.7. The van der Waals surface area contributed by atoms with Gasteiger partial charge in [0.2, 0.25) is 0 Å². The summed E-state index contributed by atoms with van der Waals surface area (Å²) in [6, 6.07) is 21.5. The van der Waals surface area contributed by atoms with E-state index in [1.807, 2.05) is 79.7 Å². The lowest BCUT2D eigenvalue weighted by Crippen LogP contribution is -2.36. The number of hydrogen-bond acceptors (Lipinski definition) is 5. The van der Waals surface area contributed by atoms with Crippen molar-refractivity contribution in [3.63, 3.8) is 0 Å². The van der Waals surface area contributed by atoms with Gasteiger partial charge in [-0.1, -0.05) is 30.3 Å². The normalized spacial score (nSPS) is 13.8. The number of allylic oxidation sites excluding steroid dienone is 1. The van der Waals surface area contributed by atoms with Crippen LogP contribution < -0.4 is 14.4 Å². The summed E-state index contributed by atoms with van der Waals surface area (Å²) in [5.74, 6) is 1.57. The molecule has 0 atom stereocenters. The number of hydrogen-bond donors (Lipinski definition) is 0. The molecule has 1 aliphatic heterocycles. The first-order valence-electron chi connectivity index (χ1n) is 11.1. The summed E-state index contributed by atoms with van der Waals surface area (Å²) in [5, 5.41) is 0. The smallest absolute Gasteiger partial charge is 0.185 e. The van der Waals surface area contributed by atoms with Crippen LogP contribution >= 0.6 is 0 Å². The Balaban J connectivity index is 1.43. The molecule has 0 radical (unpaired) electrons. The molecule has 5 nitrogen and oxygen atoms in total. The Morgan fingerprint density at radius 1 is 1.00 bits per heavy atom. The Kier molecular flexibility index (Phi) is 7.43. The number of anilines is 1. The molecule has 0 spiro atoms. The molecule has 1 saturated heterocycles. The van der Waals surface area contributed by atoms with Gasteiger partial charge < -0.3 is 19.1 Å². The molecule has 5 heteroatoms. The van der Waals surface area contributed by atoms with Crippen molar-refractivity contribution in [1.82, 2.24) is 0 Å². The fourth-order valence-corrected chi connectivity index (χ4v) is 3.82. The Morgan fingerprint density at radius 3 is 2.48 bits per heavy atom. The van der Waals surface area contributed by atoms with Crippen LogP contribution in [0.4, 0.5) is 5.69 Å². The van der Waals surface area contributed by atoms with E-state index in [2.05, 4.69) is 4.90 Å². The average Bonchev–Trinajstić information content (AvgIpc) is 2.87. The quantitative estimate of drug-likeness (QED) is 0.349. The molecule has 3 aromatic carbocycles. The van der Waals surface area contributed by atoms with Gasteiger partial charge in [0.05, 0.1) is 20.3 Å². The van der Waals surface area contributed by atoms with Gasteiger partial charge in [-0.05, 0) is 66.6 Å². The molecule has 4 rings (SSSR count). The van der Waals surface area contributed by atoms with E-state index in [1.54, 1.807) is 13.2 Å². The molecule has 170 valence electrons. The van der Waals surface area contributed by atoms with E-state index < -0.39 is 0 Å². The zero-order chi connectivity index (χ0) is 23.0. The molecule has 0 saturated carbocycles.